The Kier molecular flexibility index (Phi) is 6.68. The number of rotatable bonds is 6. The number of esters is 2. The zero-order valence-electron chi connectivity index (χ0n) is 15.0. The molecule has 0 atom stereocenters. The number of aliphatic hydroxyl groups excluding tert-OH is 1. The summed E-state index contributed by atoms with van der Waals surface area (Å²) >= 11 is 0.991. The van der Waals surface area contributed by atoms with Crippen molar-refractivity contribution in [2.75, 3.05) is 13.2 Å². The molecule has 0 aliphatic heterocycles. The lowest BCUT2D eigenvalue weighted by Crippen LogP contribution is -2.12. The van der Waals surface area contributed by atoms with E-state index >= 15 is 0 Å². The van der Waals surface area contributed by atoms with E-state index in [1.165, 1.54) is 6.21 Å². The molecule has 1 aromatic heterocycles. The third kappa shape index (κ3) is 4.19. The molecule has 0 spiro atoms. The number of thiophene rings is 1. The van der Waals surface area contributed by atoms with Gasteiger partial charge in [-0.2, -0.15) is 0 Å². The summed E-state index contributed by atoms with van der Waals surface area (Å²) in [6.07, 6.45) is 2.60. The van der Waals surface area contributed by atoms with Crippen LogP contribution in [0.4, 0.5) is 5.00 Å². The average Bonchev–Trinajstić information content (AvgIpc) is 2.91. The number of aliphatic hydroxyl groups is 1. The highest BCUT2D eigenvalue weighted by molar-refractivity contribution is 7.18. The van der Waals surface area contributed by atoms with Gasteiger partial charge in [-0.25, -0.2) is 14.6 Å². The highest BCUT2D eigenvalue weighted by Crippen LogP contribution is 2.36. The van der Waals surface area contributed by atoms with Crippen LogP contribution in [0.2, 0.25) is 0 Å². The van der Waals surface area contributed by atoms with Gasteiger partial charge < -0.3 is 14.6 Å². The highest BCUT2D eigenvalue weighted by atomic mass is 32.1. The molecule has 0 amide bonds. The normalized spacial score (nSPS) is 14.8. The number of ketones is 1. The fraction of sp³-hybridized carbons (Fsp3) is 0.444. The Morgan fingerprint density at radius 2 is 1.85 bits per heavy atom. The molecule has 0 aromatic carbocycles. The topological polar surface area (TPSA) is 102 Å². The lowest BCUT2D eigenvalue weighted by Gasteiger charge is -2.11. The number of carbonyl (C=O) groups excluding carboxylic acids is 3. The molecular weight excluding hydrogens is 358 g/mol. The van der Waals surface area contributed by atoms with E-state index in [2.05, 4.69) is 4.99 Å². The van der Waals surface area contributed by atoms with Gasteiger partial charge in [0.1, 0.15) is 21.2 Å². The number of carbonyl (C=O) groups is 3. The molecule has 8 heteroatoms. The Hall–Kier alpha value is -2.48. The van der Waals surface area contributed by atoms with Gasteiger partial charge in [0.2, 0.25) is 0 Å². The first-order chi connectivity index (χ1) is 12.4. The molecule has 0 fully saturated rings. The van der Waals surface area contributed by atoms with Crippen molar-refractivity contribution in [2.45, 2.75) is 40.0 Å². The number of ether oxygens (including phenoxy) is 2. The van der Waals surface area contributed by atoms with Crippen molar-refractivity contribution in [3.63, 3.8) is 0 Å². The summed E-state index contributed by atoms with van der Waals surface area (Å²) < 4.78 is 10.1. The first kappa shape index (κ1) is 19.8. The Balaban J connectivity index is 2.47. The van der Waals surface area contributed by atoms with Gasteiger partial charge in [-0.3, -0.25) is 4.79 Å². The van der Waals surface area contributed by atoms with E-state index in [0.29, 0.717) is 24.8 Å². The maximum absolute atomic E-state index is 12.3. The van der Waals surface area contributed by atoms with Crippen molar-refractivity contribution in [1.29, 1.82) is 0 Å². The van der Waals surface area contributed by atoms with Crippen LogP contribution in [0.3, 0.4) is 0 Å². The van der Waals surface area contributed by atoms with Crippen LogP contribution >= 0.6 is 11.3 Å². The minimum Gasteiger partial charge on any atom is -0.512 e. The van der Waals surface area contributed by atoms with Crippen molar-refractivity contribution < 1.29 is 29.0 Å². The molecule has 0 saturated carbocycles. The smallest absolute Gasteiger partial charge is 0.348 e. The van der Waals surface area contributed by atoms with E-state index in [-0.39, 0.29) is 45.8 Å². The molecule has 1 aliphatic rings. The van der Waals surface area contributed by atoms with E-state index < -0.39 is 11.9 Å². The summed E-state index contributed by atoms with van der Waals surface area (Å²) in [4.78, 5) is 40.8. The molecule has 1 heterocycles. The molecule has 7 nitrogen and oxygen atoms in total. The Labute approximate surface area is 155 Å². The van der Waals surface area contributed by atoms with Crippen LogP contribution in [-0.2, 0) is 14.3 Å². The predicted molar refractivity (Wildman–Crippen MR) is 97.6 cm³/mol. The first-order valence-corrected chi connectivity index (χ1v) is 9.19. The number of hydrogen-bond donors (Lipinski definition) is 1. The lowest BCUT2D eigenvalue weighted by molar-refractivity contribution is -0.115. The number of Topliss-reactive ketones (excluding diaryl/α,β-unsaturated/α-hetero) is 1. The standard InChI is InChI=1S/C18H21NO6S/c1-4-24-17(22)14-10(3)15(18(23)25-5-2)26-16(14)19-9-11-12(20)7-6-8-13(11)21/h9,20H,4-8H2,1-3H3. The fourth-order valence-electron chi connectivity index (χ4n) is 2.54. The minimum atomic E-state index is -0.600. The van der Waals surface area contributed by atoms with Gasteiger partial charge in [0.15, 0.2) is 5.78 Å². The van der Waals surface area contributed by atoms with E-state index in [0.717, 1.165) is 11.3 Å². The second kappa shape index (κ2) is 8.75. The number of hydrogen-bond acceptors (Lipinski definition) is 8. The summed E-state index contributed by atoms with van der Waals surface area (Å²) in [6.45, 7) is 5.38. The van der Waals surface area contributed by atoms with E-state index in [1.54, 1.807) is 20.8 Å². The quantitative estimate of drug-likeness (QED) is 0.597. The minimum absolute atomic E-state index is 0.0124. The molecule has 0 bridgehead atoms. The van der Waals surface area contributed by atoms with Gasteiger partial charge in [0, 0.05) is 19.1 Å². The molecule has 140 valence electrons. The summed E-state index contributed by atoms with van der Waals surface area (Å²) in [5.74, 6) is -1.36. The van der Waals surface area contributed by atoms with E-state index in [1.807, 2.05) is 0 Å². The van der Waals surface area contributed by atoms with Gasteiger partial charge in [0.25, 0.3) is 0 Å². The zero-order valence-corrected chi connectivity index (χ0v) is 15.8. The number of allylic oxidation sites excluding steroid dienone is 2. The molecule has 0 saturated heterocycles. The molecule has 1 aliphatic carbocycles. The second-order valence-electron chi connectivity index (χ2n) is 5.57. The molecule has 1 aromatic rings. The van der Waals surface area contributed by atoms with Crippen LogP contribution in [0.25, 0.3) is 0 Å². The Morgan fingerprint density at radius 3 is 2.46 bits per heavy atom. The van der Waals surface area contributed by atoms with E-state index in [9.17, 15) is 19.5 Å². The third-order valence-electron chi connectivity index (χ3n) is 3.81. The fourth-order valence-corrected chi connectivity index (χ4v) is 3.58. The van der Waals surface area contributed by atoms with Crippen LogP contribution in [0.5, 0.6) is 0 Å². The maximum atomic E-state index is 12.3. The van der Waals surface area contributed by atoms with Crippen LogP contribution in [0.1, 0.15) is 58.7 Å². The molecule has 1 N–H and O–H groups in total. The number of aliphatic imine (C=N–C) groups is 1. The molecule has 26 heavy (non-hydrogen) atoms. The van der Waals surface area contributed by atoms with Gasteiger partial charge in [-0.15, -0.1) is 11.3 Å². The van der Waals surface area contributed by atoms with Gasteiger partial charge in [-0.1, -0.05) is 0 Å². The van der Waals surface area contributed by atoms with Gasteiger partial charge in [0.05, 0.1) is 18.8 Å². The van der Waals surface area contributed by atoms with Crippen molar-refractivity contribution in [2.24, 2.45) is 4.99 Å². The molecule has 0 unspecified atom stereocenters. The van der Waals surface area contributed by atoms with Crippen LogP contribution in [0.15, 0.2) is 16.3 Å². The predicted octanol–water partition coefficient (Wildman–Crippen LogP) is 3.68. The first-order valence-electron chi connectivity index (χ1n) is 8.37. The SMILES string of the molecule is CCOC(=O)c1sc(N=CC2=C(O)CCCC2=O)c(C(=O)OCC)c1C. The third-order valence-corrected chi connectivity index (χ3v) is 4.99. The zero-order chi connectivity index (χ0) is 19.3. The summed E-state index contributed by atoms with van der Waals surface area (Å²) in [6, 6.07) is 0. The Morgan fingerprint density at radius 1 is 1.19 bits per heavy atom. The summed E-state index contributed by atoms with van der Waals surface area (Å²) in [5, 5.41) is 10.1. The van der Waals surface area contributed by atoms with Gasteiger partial charge in [-0.05, 0) is 32.8 Å². The monoisotopic (exact) mass is 379 g/mol. The highest BCUT2D eigenvalue weighted by Gasteiger charge is 2.26. The van der Waals surface area contributed by atoms with Crippen molar-refractivity contribution >= 4 is 40.3 Å². The summed E-state index contributed by atoms with van der Waals surface area (Å²) in [7, 11) is 0. The van der Waals surface area contributed by atoms with Crippen molar-refractivity contribution in [3.8, 4) is 0 Å². The maximum Gasteiger partial charge on any atom is 0.348 e. The van der Waals surface area contributed by atoms with Crippen molar-refractivity contribution in [3.05, 3.63) is 27.3 Å². The van der Waals surface area contributed by atoms with Crippen LogP contribution < -0.4 is 0 Å². The number of nitrogens with zero attached hydrogens (tertiary/aromatic N) is 1. The second-order valence-corrected chi connectivity index (χ2v) is 6.57. The summed E-state index contributed by atoms with van der Waals surface area (Å²) in [5.41, 5.74) is 0.724. The molecular formula is C18H21NO6S. The lowest BCUT2D eigenvalue weighted by atomic mass is 9.97. The van der Waals surface area contributed by atoms with Crippen molar-refractivity contribution in [1.82, 2.24) is 0 Å². The van der Waals surface area contributed by atoms with E-state index in [4.69, 9.17) is 9.47 Å². The largest absolute Gasteiger partial charge is 0.512 e. The molecule has 0 radical (unpaired) electrons. The van der Waals surface area contributed by atoms with Crippen LogP contribution in [-0.4, -0.2) is 42.3 Å². The average molecular weight is 379 g/mol. The molecule has 2 rings (SSSR count). The van der Waals surface area contributed by atoms with Crippen LogP contribution in [0, 0.1) is 6.92 Å². The Bertz CT molecular complexity index is 790. The van der Waals surface area contributed by atoms with Gasteiger partial charge >= 0.3 is 11.9 Å².